The first-order chi connectivity index (χ1) is 11.4. The first-order valence-corrected chi connectivity index (χ1v) is 7.31. The molecule has 0 aliphatic carbocycles. The minimum Gasteiger partial charge on any atom is -0.322 e. The van der Waals surface area contributed by atoms with Gasteiger partial charge < -0.3 is 10.2 Å². The van der Waals surface area contributed by atoms with E-state index in [9.17, 15) is 23.6 Å². The zero-order chi connectivity index (χ0) is 17.4. The molecule has 3 rings (SSSR count). The minimum atomic E-state index is -1.14. The van der Waals surface area contributed by atoms with Gasteiger partial charge in [0.25, 0.3) is 11.8 Å². The SMILES string of the molecule is C=C(F)C(=O)Nc1cccc2c1CN(C1CCC(=O)NC1=O)C2=O. The van der Waals surface area contributed by atoms with Crippen LogP contribution in [0.25, 0.3) is 0 Å². The lowest BCUT2D eigenvalue weighted by molar-refractivity contribution is -0.137. The molecule has 4 amide bonds. The van der Waals surface area contributed by atoms with E-state index in [-0.39, 0.29) is 31.2 Å². The van der Waals surface area contributed by atoms with E-state index in [4.69, 9.17) is 0 Å². The Kier molecular flexibility index (Phi) is 3.88. The van der Waals surface area contributed by atoms with Crippen molar-refractivity contribution in [2.24, 2.45) is 0 Å². The van der Waals surface area contributed by atoms with Gasteiger partial charge in [0.2, 0.25) is 11.8 Å². The van der Waals surface area contributed by atoms with Gasteiger partial charge in [-0.25, -0.2) is 4.39 Å². The number of carbonyl (C=O) groups excluding carboxylic acids is 4. The summed E-state index contributed by atoms with van der Waals surface area (Å²) >= 11 is 0. The van der Waals surface area contributed by atoms with Crippen molar-refractivity contribution in [3.8, 4) is 0 Å². The van der Waals surface area contributed by atoms with Gasteiger partial charge in [0.15, 0.2) is 5.83 Å². The summed E-state index contributed by atoms with van der Waals surface area (Å²) in [7, 11) is 0. The van der Waals surface area contributed by atoms with Gasteiger partial charge in [0.1, 0.15) is 6.04 Å². The van der Waals surface area contributed by atoms with E-state index in [0.717, 1.165) is 0 Å². The van der Waals surface area contributed by atoms with Crippen LogP contribution in [0.5, 0.6) is 0 Å². The number of nitrogens with one attached hydrogen (secondary N) is 2. The molecule has 124 valence electrons. The largest absolute Gasteiger partial charge is 0.322 e. The second-order valence-corrected chi connectivity index (χ2v) is 5.59. The molecular formula is C16H14FN3O4. The second kappa shape index (κ2) is 5.88. The van der Waals surface area contributed by atoms with Crippen LogP contribution in [0.15, 0.2) is 30.6 Å². The molecule has 8 heteroatoms. The Morgan fingerprint density at radius 2 is 2.08 bits per heavy atom. The van der Waals surface area contributed by atoms with Gasteiger partial charge in [-0.3, -0.25) is 24.5 Å². The summed E-state index contributed by atoms with van der Waals surface area (Å²) < 4.78 is 12.9. The predicted octanol–water partition coefficient (Wildman–Crippen LogP) is 0.869. The van der Waals surface area contributed by atoms with E-state index in [1.165, 1.54) is 4.90 Å². The Morgan fingerprint density at radius 3 is 2.75 bits per heavy atom. The molecule has 2 N–H and O–H groups in total. The lowest BCUT2D eigenvalue weighted by Crippen LogP contribution is -2.52. The molecule has 2 aliphatic heterocycles. The fraction of sp³-hybridized carbons (Fsp3) is 0.250. The maximum Gasteiger partial charge on any atom is 0.283 e. The highest BCUT2D eigenvalue weighted by molar-refractivity contribution is 6.08. The third-order valence-electron chi connectivity index (χ3n) is 4.08. The van der Waals surface area contributed by atoms with Gasteiger partial charge in [-0.1, -0.05) is 12.6 Å². The average Bonchev–Trinajstić information content (AvgIpc) is 2.85. The van der Waals surface area contributed by atoms with Crippen molar-refractivity contribution in [1.29, 1.82) is 0 Å². The van der Waals surface area contributed by atoms with Crippen molar-refractivity contribution in [1.82, 2.24) is 10.2 Å². The highest BCUT2D eigenvalue weighted by Crippen LogP contribution is 2.32. The molecular weight excluding hydrogens is 317 g/mol. The third-order valence-corrected chi connectivity index (χ3v) is 4.08. The Bertz CT molecular complexity index is 790. The van der Waals surface area contributed by atoms with Crippen LogP contribution in [-0.2, 0) is 20.9 Å². The molecule has 1 atom stereocenters. The first kappa shape index (κ1) is 15.9. The normalized spacial score (nSPS) is 19.8. The predicted molar refractivity (Wildman–Crippen MR) is 81.4 cm³/mol. The Morgan fingerprint density at radius 1 is 1.33 bits per heavy atom. The highest BCUT2D eigenvalue weighted by atomic mass is 19.1. The van der Waals surface area contributed by atoms with Gasteiger partial charge in [-0.05, 0) is 18.6 Å². The summed E-state index contributed by atoms with van der Waals surface area (Å²) in [6.07, 6.45) is 0.398. The van der Waals surface area contributed by atoms with Gasteiger partial charge in [-0.15, -0.1) is 0 Å². The maximum atomic E-state index is 12.9. The fourth-order valence-corrected chi connectivity index (χ4v) is 2.89. The summed E-state index contributed by atoms with van der Waals surface area (Å²) in [6, 6.07) is 3.92. The van der Waals surface area contributed by atoms with Crippen LogP contribution in [0, 0.1) is 0 Å². The first-order valence-electron chi connectivity index (χ1n) is 7.31. The Balaban J connectivity index is 1.87. The molecule has 0 bridgehead atoms. The van der Waals surface area contributed by atoms with E-state index >= 15 is 0 Å². The van der Waals surface area contributed by atoms with Gasteiger partial charge in [-0.2, -0.15) is 0 Å². The number of amides is 4. The van der Waals surface area contributed by atoms with E-state index in [1.54, 1.807) is 18.2 Å². The van der Waals surface area contributed by atoms with Crippen molar-refractivity contribution in [2.75, 3.05) is 5.32 Å². The van der Waals surface area contributed by atoms with Crippen molar-refractivity contribution in [2.45, 2.75) is 25.4 Å². The van der Waals surface area contributed by atoms with E-state index < -0.39 is 23.7 Å². The van der Waals surface area contributed by atoms with Gasteiger partial charge in [0, 0.05) is 29.8 Å². The highest BCUT2D eigenvalue weighted by Gasteiger charge is 2.39. The summed E-state index contributed by atoms with van der Waals surface area (Å²) in [5.41, 5.74) is 1.13. The number of piperidine rings is 1. The standard InChI is InChI=1S/C16H14FN3O4/c1-8(17)14(22)18-11-4-2-3-9-10(11)7-20(16(9)24)12-5-6-13(21)19-15(12)23/h2-4,12H,1,5-7H2,(H,18,22)(H,19,21,23). The third kappa shape index (κ3) is 2.66. The van der Waals surface area contributed by atoms with Crippen molar-refractivity contribution < 1.29 is 23.6 Å². The van der Waals surface area contributed by atoms with Crippen LogP contribution in [-0.4, -0.2) is 34.6 Å². The molecule has 7 nitrogen and oxygen atoms in total. The quantitative estimate of drug-likeness (QED) is 0.634. The van der Waals surface area contributed by atoms with Gasteiger partial charge in [0.05, 0.1) is 0 Å². The van der Waals surface area contributed by atoms with Crippen LogP contribution in [0.4, 0.5) is 10.1 Å². The topological polar surface area (TPSA) is 95.6 Å². The minimum absolute atomic E-state index is 0.0929. The molecule has 0 radical (unpaired) electrons. The number of nitrogens with zero attached hydrogens (tertiary/aromatic N) is 1. The van der Waals surface area contributed by atoms with Crippen LogP contribution in [0.2, 0.25) is 0 Å². The van der Waals surface area contributed by atoms with Crippen LogP contribution in [0.3, 0.4) is 0 Å². The number of halogens is 1. The summed E-state index contributed by atoms with van der Waals surface area (Å²) in [5, 5.41) is 4.57. The fourth-order valence-electron chi connectivity index (χ4n) is 2.89. The molecule has 1 unspecified atom stereocenters. The number of hydrogen-bond donors (Lipinski definition) is 2. The maximum absolute atomic E-state index is 12.9. The lowest BCUT2D eigenvalue weighted by Gasteiger charge is -2.29. The zero-order valence-corrected chi connectivity index (χ0v) is 12.6. The van der Waals surface area contributed by atoms with E-state index in [1.807, 2.05) is 0 Å². The molecule has 1 fully saturated rings. The molecule has 2 aliphatic rings. The number of hydrogen-bond acceptors (Lipinski definition) is 4. The molecule has 1 aromatic rings. The molecule has 1 aromatic carbocycles. The van der Waals surface area contributed by atoms with Gasteiger partial charge >= 0.3 is 0 Å². The van der Waals surface area contributed by atoms with Crippen molar-refractivity contribution in [3.63, 3.8) is 0 Å². The molecule has 1 saturated heterocycles. The zero-order valence-electron chi connectivity index (χ0n) is 12.6. The number of fused-ring (bicyclic) bond motifs is 1. The molecule has 24 heavy (non-hydrogen) atoms. The summed E-state index contributed by atoms with van der Waals surface area (Å²) in [6.45, 7) is 3.02. The van der Waals surface area contributed by atoms with Crippen molar-refractivity contribution in [3.05, 3.63) is 41.7 Å². The number of carbonyl (C=O) groups is 4. The summed E-state index contributed by atoms with van der Waals surface area (Å²) in [5.74, 6) is -3.38. The smallest absolute Gasteiger partial charge is 0.283 e. The molecule has 0 spiro atoms. The lowest BCUT2D eigenvalue weighted by atomic mass is 10.0. The number of imide groups is 1. The summed E-state index contributed by atoms with van der Waals surface area (Å²) in [4.78, 5) is 48.6. The monoisotopic (exact) mass is 331 g/mol. The number of rotatable bonds is 3. The molecule has 0 saturated carbocycles. The molecule has 0 aromatic heterocycles. The van der Waals surface area contributed by atoms with Crippen LogP contribution in [0.1, 0.15) is 28.8 Å². The number of benzene rings is 1. The number of anilines is 1. The van der Waals surface area contributed by atoms with Crippen molar-refractivity contribution >= 4 is 29.3 Å². The molecule has 2 heterocycles. The average molecular weight is 331 g/mol. The van der Waals surface area contributed by atoms with Crippen LogP contribution < -0.4 is 10.6 Å². The Hall–Kier alpha value is -3.03. The van der Waals surface area contributed by atoms with E-state index in [2.05, 4.69) is 17.2 Å². The second-order valence-electron chi connectivity index (χ2n) is 5.59. The Labute approximate surface area is 136 Å². The van der Waals surface area contributed by atoms with E-state index in [0.29, 0.717) is 16.8 Å². The van der Waals surface area contributed by atoms with Crippen LogP contribution >= 0.6 is 0 Å².